The topological polar surface area (TPSA) is 68.7 Å². The number of nitrogens with two attached hydrogens (primary N) is 1. The summed E-state index contributed by atoms with van der Waals surface area (Å²) in [7, 11) is 1.38. The molecular weight excluding hydrogens is 280 g/mol. The van der Waals surface area contributed by atoms with Gasteiger partial charge in [-0.1, -0.05) is 0 Å². The summed E-state index contributed by atoms with van der Waals surface area (Å²) in [5.41, 5.74) is 6.25. The Morgan fingerprint density at radius 3 is 3.00 bits per heavy atom. The third kappa shape index (κ3) is 3.98. The Labute approximate surface area is 125 Å². The van der Waals surface area contributed by atoms with Crippen molar-refractivity contribution in [3.63, 3.8) is 0 Å². The maximum absolute atomic E-state index is 11.5. The van der Waals surface area contributed by atoms with Crippen LogP contribution in [0, 0.1) is 12.8 Å². The van der Waals surface area contributed by atoms with Crippen molar-refractivity contribution >= 4 is 18.4 Å². The van der Waals surface area contributed by atoms with Crippen molar-refractivity contribution in [1.29, 1.82) is 0 Å². The fraction of sp³-hybridized carbons (Fsp3) is 0.643. The monoisotopic (exact) mass is 302 g/mol. The fourth-order valence-electron chi connectivity index (χ4n) is 2.64. The Morgan fingerprint density at radius 1 is 1.60 bits per heavy atom. The van der Waals surface area contributed by atoms with Crippen molar-refractivity contribution in [2.24, 2.45) is 11.7 Å². The number of methoxy groups -OCH3 is 1. The first-order valence-corrected chi connectivity index (χ1v) is 6.74. The number of halogens is 1. The quantitative estimate of drug-likeness (QED) is 0.861. The molecule has 0 radical (unpaired) electrons. The fourth-order valence-corrected chi connectivity index (χ4v) is 2.64. The van der Waals surface area contributed by atoms with Gasteiger partial charge in [-0.05, 0) is 44.8 Å². The molecule has 0 saturated carbocycles. The minimum Gasteiger partial charge on any atom is -0.465 e. The van der Waals surface area contributed by atoms with Gasteiger partial charge in [0.1, 0.15) is 17.1 Å². The Balaban J connectivity index is 0.00000200. The van der Waals surface area contributed by atoms with E-state index < -0.39 is 0 Å². The van der Waals surface area contributed by atoms with E-state index in [9.17, 15) is 4.79 Å². The van der Waals surface area contributed by atoms with Gasteiger partial charge in [-0.2, -0.15) is 0 Å². The number of nitrogens with zero attached hydrogens (tertiary/aromatic N) is 1. The first-order valence-electron chi connectivity index (χ1n) is 6.74. The molecule has 1 aromatic rings. The third-order valence-electron chi connectivity index (χ3n) is 3.69. The number of aryl methyl sites for hydroxylation is 1. The second kappa shape index (κ2) is 7.67. The average molecular weight is 303 g/mol. The lowest BCUT2D eigenvalue weighted by Crippen LogP contribution is -2.37. The zero-order valence-corrected chi connectivity index (χ0v) is 12.9. The van der Waals surface area contributed by atoms with Gasteiger partial charge in [0.2, 0.25) is 0 Å². The molecule has 2 N–H and O–H groups in total. The number of hydrogen-bond donors (Lipinski definition) is 1. The van der Waals surface area contributed by atoms with Gasteiger partial charge >= 0.3 is 5.97 Å². The molecule has 2 rings (SSSR count). The van der Waals surface area contributed by atoms with Gasteiger partial charge in [-0.25, -0.2) is 4.79 Å². The highest BCUT2D eigenvalue weighted by atomic mass is 35.5. The van der Waals surface area contributed by atoms with E-state index in [1.807, 2.05) is 0 Å². The van der Waals surface area contributed by atoms with E-state index in [2.05, 4.69) is 4.90 Å². The van der Waals surface area contributed by atoms with Gasteiger partial charge in [-0.15, -0.1) is 12.4 Å². The smallest absolute Gasteiger partial charge is 0.341 e. The van der Waals surface area contributed by atoms with Crippen molar-refractivity contribution in [2.75, 3.05) is 26.7 Å². The molecule has 6 heteroatoms. The lowest BCUT2D eigenvalue weighted by molar-refractivity contribution is 0.0599. The van der Waals surface area contributed by atoms with Crippen molar-refractivity contribution in [1.82, 2.24) is 4.90 Å². The molecule has 1 fully saturated rings. The van der Waals surface area contributed by atoms with Gasteiger partial charge in [0.05, 0.1) is 13.7 Å². The van der Waals surface area contributed by atoms with Crippen LogP contribution in [0.15, 0.2) is 10.5 Å². The number of rotatable bonds is 4. The number of likely N-dealkylation sites (tertiary alicyclic amines) is 1. The molecule has 1 saturated heterocycles. The molecule has 2 heterocycles. The molecule has 1 atom stereocenters. The lowest BCUT2D eigenvalue weighted by atomic mass is 9.98. The maximum Gasteiger partial charge on any atom is 0.341 e. The number of carbonyl (C=O) groups is 1. The summed E-state index contributed by atoms with van der Waals surface area (Å²) in [6, 6.07) is 1.78. The van der Waals surface area contributed by atoms with E-state index in [0.717, 1.165) is 31.9 Å². The molecule has 114 valence electrons. The van der Waals surface area contributed by atoms with Gasteiger partial charge in [0, 0.05) is 6.54 Å². The predicted molar refractivity (Wildman–Crippen MR) is 79.1 cm³/mol. The predicted octanol–water partition coefficient (Wildman–Crippen LogP) is 1.97. The Bertz CT molecular complexity index is 448. The van der Waals surface area contributed by atoms with Crippen LogP contribution in [0.25, 0.3) is 0 Å². The molecule has 0 aliphatic carbocycles. The van der Waals surface area contributed by atoms with Crippen LogP contribution in [0.1, 0.15) is 34.7 Å². The average Bonchev–Trinajstić information content (AvgIpc) is 2.79. The number of esters is 1. The molecular formula is C14H23ClN2O3. The van der Waals surface area contributed by atoms with Gasteiger partial charge in [-0.3, -0.25) is 4.90 Å². The zero-order valence-electron chi connectivity index (χ0n) is 12.1. The maximum atomic E-state index is 11.5. The molecule has 20 heavy (non-hydrogen) atoms. The standard InChI is InChI=1S/C14H22N2O3.ClH/c1-10-13(14(17)18-2)6-12(19-10)9-16-5-3-4-11(7-15)8-16;/h6,11H,3-5,7-9,15H2,1-2H3;1H. The highest BCUT2D eigenvalue weighted by Crippen LogP contribution is 2.21. The molecule has 1 aromatic heterocycles. The molecule has 1 unspecified atom stereocenters. The largest absolute Gasteiger partial charge is 0.465 e. The van der Waals surface area contributed by atoms with Crippen molar-refractivity contribution < 1.29 is 13.9 Å². The minimum absolute atomic E-state index is 0. The van der Waals surface area contributed by atoms with E-state index in [0.29, 0.717) is 17.2 Å². The van der Waals surface area contributed by atoms with Crippen molar-refractivity contribution in [3.05, 3.63) is 23.2 Å². The van der Waals surface area contributed by atoms with Crippen LogP contribution in [0.3, 0.4) is 0 Å². The van der Waals surface area contributed by atoms with Gasteiger partial charge < -0.3 is 14.9 Å². The van der Waals surface area contributed by atoms with Crippen LogP contribution >= 0.6 is 12.4 Å². The molecule has 0 spiro atoms. The summed E-state index contributed by atoms with van der Waals surface area (Å²) in [5.74, 6) is 1.67. The second-order valence-corrected chi connectivity index (χ2v) is 5.15. The molecule has 0 aromatic carbocycles. The summed E-state index contributed by atoms with van der Waals surface area (Å²) in [5, 5.41) is 0. The molecule has 0 amide bonds. The van der Waals surface area contributed by atoms with E-state index in [4.69, 9.17) is 14.9 Å². The summed E-state index contributed by atoms with van der Waals surface area (Å²) in [6.45, 7) is 5.32. The van der Waals surface area contributed by atoms with Crippen LogP contribution in [0.2, 0.25) is 0 Å². The van der Waals surface area contributed by atoms with Crippen LogP contribution in [-0.2, 0) is 11.3 Å². The van der Waals surface area contributed by atoms with Gasteiger partial charge in [0.25, 0.3) is 0 Å². The summed E-state index contributed by atoms with van der Waals surface area (Å²) >= 11 is 0. The Hall–Kier alpha value is -1.04. The van der Waals surface area contributed by atoms with E-state index >= 15 is 0 Å². The number of piperidine rings is 1. The first-order chi connectivity index (χ1) is 9.13. The minimum atomic E-state index is -0.342. The lowest BCUT2D eigenvalue weighted by Gasteiger charge is -2.31. The van der Waals surface area contributed by atoms with E-state index in [-0.39, 0.29) is 18.4 Å². The van der Waals surface area contributed by atoms with Gasteiger partial charge in [0.15, 0.2) is 0 Å². The van der Waals surface area contributed by atoms with Crippen LogP contribution in [0.5, 0.6) is 0 Å². The summed E-state index contributed by atoms with van der Waals surface area (Å²) in [6.07, 6.45) is 2.38. The van der Waals surface area contributed by atoms with Crippen molar-refractivity contribution in [2.45, 2.75) is 26.3 Å². The normalized spacial score (nSPS) is 19.4. The summed E-state index contributed by atoms with van der Waals surface area (Å²) in [4.78, 5) is 13.9. The van der Waals surface area contributed by atoms with Crippen LogP contribution < -0.4 is 5.73 Å². The second-order valence-electron chi connectivity index (χ2n) is 5.15. The summed E-state index contributed by atoms with van der Waals surface area (Å²) < 4.78 is 10.4. The first kappa shape index (κ1) is 17.0. The van der Waals surface area contributed by atoms with Crippen LogP contribution in [-0.4, -0.2) is 37.6 Å². The van der Waals surface area contributed by atoms with E-state index in [1.165, 1.54) is 20.0 Å². The number of hydrogen-bond acceptors (Lipinski definition) is 5. The zero-order chi connectivity index (χ0) is 13.8. The number of carbonyl (C=O) groups excluding carboxylic acids is 1. The highest BCUT2D eigenvalue weighted by molar-refractivity contribution is 5.90. The number of ether oxygens (including phenoxy) is 1. The third-order valence-corrected chi connectivity index (χ3v) is 3.69. The van der Waals surface area contributed by atoms with Crippen LogP contribution in [0.4, 0.5) is 0 Å². The SMILES string of the molecule is COC(=O)c1cc(CN2CCCC(CN)C2)oc1C.Cl. The van der Waals surface area contributed by atoms with E-state index in [1.54, 1.807) is 13.0 Å². The molecule has 0 bridgehead atoms. The van der Waals surface area contributed by atoms with Crippen molar-refractivity contribution in [3.8, 4) is 0 Å². The Morgan fingerprint density at radius 2 is 2.35 bits per heavy atom. The molecule has 5 nitrogen and oxygen atoms in total. The Kier molecular flexibility index (Phi) is 6.52. The molecule has 1 aliphatic rings. The molecule has 1 aliphatic heterocycles. The number of furan rings is 1. The highest BCUT2D eigenvalue weighted by Gasteiger charge is 2.21.